The first kappa shape index (κ1) is 21.1. The topological polar surface area (TPSA) is 53.6 Å². The summed E-state index contributed by atoms with van der Waals surface area (Å²) in [4.78, 5) is 14.3. The molecule has 1 amide bonds. The molecule has 2 N–H and O–H groups in total. The lowest BCUT2D eigenvalue weighted by Gasteiger charge is -2.22. The summed E-state index contributed by atoms with van der Waals surface area (Å²) in [7, 11) is 1.58. The summed E-state index contributed by atoms with van der Waals surface area (Å²) in [5, 5.41) is 6.24. The Kier molecular flexibility index (Phi) is 6.42. The number of benzene rings is 2. The van der Waals surface area contributed by atoms with Crippen molar-refractivity contribution in [2.24, 2.45) is 0 Å². The molecule has 0 saturated carbocycles. The van der Waals surface area contributed by atoms with E-state index in [2.05, 4.69) is 15.5 Å². The molecule has 1 aliphatic heterocycles. The Morgan fingerprint density at radius 3 is 2.79 bits per heavy atom. The van der Waals surface area contributed by atoms with Gasteiger partial charge in [0, 0.05) is 29.8 Å². The molecular weight excluding hydrogens is 407 g/mol. The van der Waals surface area contributed by atoms with Crippen LogP contribution < -0.4 is 20.3 Å². The molecule has 29 heavy (non-hydrogen) atoms. The van der Waals surface area contributed by atoms with Crippen molar-refractivity contribution < 1.29 is 22.7 Å². The molecule has 9 heteroatoms. The highest BCUT2D eigenvalue weighted by molar-refractivity contribution is 6.30. The van der Waals surface area contributed by atoms with Crippen LogP contribution in [-0.4, -0.2) is 38.7 Å². The summed E-state index contributed by atoms with van der Waals surface area (Å²) in [6.07, 6.45) is -3.68. The van der Waals surface area contributed by atoms with E-state index in [0.29, 0.717) is 17.3 Å². The van der Waals surface area contributed by atoms with Gasteiger partial charge in [-0.25, -0.2) is 0 Å². The average molecular weight is 428 g/mol. The second-order valence-electron chi connectivity index (χ2n) is 6.75. The molecule has 0 bridgehead atoms. The lowest BCUT2D eigenvalue weighted by Crippen LogP contribution is -2.40. The Morgan fingerprint density at radius 1 is 1.28 bits per heavy atom. The molecule has 1 atom stereocenters. The van der Waals surface area contributed by atoms with Gasteiger partial charge in [-0.05, 0) is 42.8 Å². The van der Waals surface area contributed by atoms with E-state index in [1.54, 1.807) is 19.2 Å². The maximum Gasteiger partial charge on any atom is 0.416 e. The van der Waals surface area contributed by atoms with Crippen LogP contribution in [0.5, 0.6) is 5.75 Å². The van der Waals surface area contributed by atoms with Crippen LogP contribution in [0, 0.1) is 0 Å². The molecule has 1 unspecified atom stereocenters. The molecule has 3 rings (SSSR count). The normalized spacial score (nSPS) is 16.6. The third-order valence-corrected chi connectivity index (χ3v) is 4.91. The van der Waals surface area contributed by atoms with Crippen molar-refractivity contribution in [1.29, 1.82) is 0 Å². The molecule has 1 fully saturated rings. The molecule has 1 heterocycles. The summed E-state index contributed by atoms with van der Waals surface area (Å²) < 4.78 is 43.7. The van der Waals surface area contributed by atoms with E-state index in [1.165, 1.54) is 12.1 Å². The largest absolute Gasteiger partial charge is 0.495 e. The molecule has 2 aromatic carbocycles. The minimum Gasteiger partial charge on any atom is -0.495 e. The number of ether oxygens (including phenoxy) is 1. The first-order valence-electron chi connectivity index (χ1n) is 9.05. The Morgan fingerprint density at radius 2 is 2.07 bits per heavy atom. The highest BCUT2D eigenvalue weighted by Crippen LogP contribution is 2.33. The highest BCUT2D eigenvalue weighted by Gasteiger charge is 2.30. The Hall–Kier alpha value is -2.61. The molecule has 1 aliphatic rings. The number of anilines is 2. The first-order chi connectivity index (χ1) is 13.8. The van der Waals surface area contributed by atoms with Gasteiger partial charge in [-0.2, -0.15) is 13.2 Å². The van der Waals surface area contributed by atoms with Crippen molar-refractivity contribution in [1.82, 2.24) is 5.32 Å². The number of carbonyl (C=O) groups is 1. The standard InChI is InChI=1S/C20H21ClF3N3O2/c1-29-18-6-5-14(21)10-17(18)27-8-7-16(12-27)26-19(28)11-25-15-4-2-3-13(9-15)20(22,23)24/h2-6,9-10,16,25H,7-8,11-12H2,1H3,(H,26,28). The molecule has 1 saturated heterocycles. The van der Waals surface area contributed by atoms with Gasteiger partial charge in [0.05, 0.1) is 24.9 Å². The fourth-order valence-corrected chi connectivity index (χ4v) is 3.44. The lowest BCUT2D eigenvalue weighted by atomic mass is 10.2. The monoisotopic (exact) mass is 427 g/mol. The van der Waals surface area contributed by atoms with E-state index in [-0.39, 0.29) is 24.2 Å². The fraction of sp³-hybridized carbons (Fsp3) is 0.350. The molecule has 156 valence electrons. The molecule has 0 radical (unpaired) electrons. The lowest BCUT2D eigenvalue weighted by molar-refractivity contribution is -0.137. The quantitative estimate of drug-likeness (QED) is 0.726. The second kappa shape index (κ2) is 8.82. The molecule has 0 aliphatic carbocycles. The zero-order valence-corrected chi connectivity index (χ0v) is 16.5. The number of hydrogen-bond acceptors (Lipinski definition) is 4. The van der Waals surface area contributed by atoms with Gasteiger partial charge in [0.15, 0.2) is 0 Å². The van der Waals surface area contributed by atoms with E-state index in [0.717, 1.165) is 30.8 Å². The third-order valence-electron chi connectivity index (χ3n) is 4.68. The Labute approximate surface area is 171 Å². The van der Waals surface area contributed by atoms with E-state index >= 15 is 0 Å². The number of rotatable bonds is 6. The summed E-state index contributed by atoms with van der Waals surface area (Å²) in [6.45, 7) is 1.20. The van der Waals surface area contributed by atoms with Crippen molar-refractivity contribution in [2.75, 3.05) is 37.0 Å². The van der Waals surface area contributed by atoms with Crippen molar-refractivity contribution >= 4 is 28.9 Å². The van der Waals surface area contributed by atoms with E-state index in [9.17, 15) is 18.0 Å². The highest BCUT2D eigenvalue weighted by atomic mass is 35.5. The van der Waals surface area contributed by atoms with Crippen LogP contribution in [0.1, 0.15) is 12.0 Å². The third kappa shape index (κ3) is 5.47. The number of halogens is 4. The van der Waals surface area contributed by atoms with Crippen LogP contribution in [0.15, 0.2) is 42.5 Å². The van der Waals surface area contributed by atoms with Crippen LogP contribution in [0.3, 0.4) is 0 Å². The Bertz CT molecular complexity index is 876. The molecule has 0 aromatic heterocycles. The number of nitrogens with one attached hydrogen (secondary N) is 2. The van der Waals surface area contributed by atoms with Gasteiger partial charge >= 0.3 is 6.18 Å². The number of amides is 1. The van der Waals surface area contributed by atoms with Crippen LogP contribution >= 0.6 is 11.6 Å². The molecule has 2 aromatic rings. The van der Waals surface area contributed by atoms with E-state index in [4.69, 9.17) is 16.3 Å². The van der Waals surface area contributed by atoms with Gasteiger partial charge in [0.1, 0.15) is 5.75 Å². The predicted octanol–water partition coefficient (Wildman–Crippen LogP) is 4.17. The van der Waals surface area contributed by atoms with E-state index in [1.807, 2.05) is 6.07 Å². The van der Waals surface area contributed by atoms with Crippen LogP contribution in [-0.2, 0) is 11.0 Å². The average Bonchev–Trinajstić information content (AvgIpc) is 3.14. The summed E-state index contributed by atoms with van der Waals surface area (Å²) >= 11 is 6.08. The minimum atomic E-state index is -4.42. The number of carbonyl (C=O) groups excluding carboxylic acids is 1. The van der Waals surface area contributed by atoms with E-state index < -0.39 is 11.7 Å². The second-order valence-corrected chi connectivity index (χ2v) is 7.18. The van der Waals surface area contributed by atoms with Crippen LogP contribution in [0.2, 0.25) is 5.02 Å². The van der Waals surface area contributed by atoms with Crippen molar-refractivity contribution in [3.05, 3.63) is 53.1 Å². The molecular formula is C20H21ClF3N3O2. The summed E-state index contributed by atoms with van der Waals surface area (Å²) in [5.74, 6) is 0.417. The van der Waals surface area contributed by atoms with Crippen molar-refractivity contribution in [3.63, 3.8) is 0 Å². The van der Waals surface area contributed by atoms with Gasteiger partial charge in [-0.3, -0.25) is 4.79 Å². The number of methoxy groups -OCH3 is 1. The number of alkyl halides is 3. The SMILES string of the molecule is COc1ccc(Cl)cc1N1CCC(NC(=O)CNc2cccc(C(F)(F)F)c2)C1. The van der Waals surface area contributed by atoms with Gasteiger partial charge in [0.2, 0.25) is 5.91 Å². The van der Waals surface area contributed by atoms with Crippen molar-refractivity contribution in [2.45, 2.75) is 18.6 Å². The summed E-state index contributed by atoms with van der Waals surface area (Å²) in [6, 6.07) is 10.1. The van der Waals surface area contributed by atoms with Gasteiger partial charge < -0.3 is 20.3 Å². The number of nitrogens with zero attached hydrogens (tertiary/aromatic N) is 1. The number of hydrogen-bond donors (Lipinski definition) is 2. The van der Waals surface area contributed by atoms with Crippen LogP contribution in [0.25, 0.3) is 0 Å². The zero-order chi connectivity index (χ0) is 21.0. The van der Waals surface area contributed by atoms with Crippen molar-refractivity contribution in [3.8, 4) is 5.75 Å². The maximum atomic E-state index is 12.8. The van der Waals surface area contributed by atoms with Crippen LogP contribution in [0.4, 0.5) is 24.5 Å². The minimum absolute atomic E-state index is 0.0745. The molecule has 5 nitrogen and oxygen atoms in total. The van der Waals surface area contributed by atoms with Gasteiger partial charge in [-0.15, -0.1) is 0 Å². The summed E-state index contributed by atoms with van der Waals surface area (Å²) in [5.41, 5.74) is 0.343. The maximum absolute atomic E-state index is 12.8. The fourth-order valence-electron chi connectivity index (χ4n) is 3.27. The van der Waals surface area contributed by atoms with Gasteiger partial charge in [0.25, 0.3) is 0 Å². The van der Waals surface area contributed by atoms with Gasteiger partial charge in [-0.1, -0.05) is 17.7 Å². The first-order valence-corrected chi connectivity index (χ1v) is 9.43. The zero-order valence-electron chi connectivity index (χ0n) is 15.7. The Balaban J connectivity index is 1.53. The molecule has 0 spiro atoms. The predicted molar refractivity (Wildman–Crippen MR) is 107 cm³/mol. The smallest absolute Gasteiger partial charge is 0.416 e.